The summed E-state index contributed by atoms with van der Waals surface area (Å²) < 4.78 is 0. The van der Waals surface area contributed by atoms with Crippen molar-refractivity contribution in [2.75, 3.05) is 6.61 Å². The first-order valence-corrected chi connectivity index (χ1v) is 8.01. The van der Waals surface area contributed by atoms with Crippen molar-refractivity contribution in [3.05, 3.63) is 58.4 Å². The van der Waals surface area contributed by atoms with E-state index in [4.69, 9.17) is 5.11 Å². The summed E-state index contributed by atoms with van der Waals surface area (Å²) in [6, 6.07) is 0. The molecule has 0 spiro atoms. The van der Waals surface area contributed by atoms with Crippen molar-refractivity contribution in [2.24, 2.45) is 5.41 Å². The number of aliphatic hydroxyl groups is 2. The monoisotopic (exact) mass is 302 g/mol. The van der Waals surface area contributed by atoms with E-state index in [1.54, 1.807) is 13.0 Å². The lowest BCUT2D eigenvalue weighted by atomic mass is 9.72. The van der Waals surface area contributed by atoms with Crippen LogP contribution in [0.15, 0.2) is 58.4 Å². The van der Waals surface area contributed by atoms with Crippen molar-refractivity contribution >= 4 is 0 Å². The van der Waals surface area contributed by atoms with Gasteiger partial charge < -0.3 is 10.2 Å². The maximum atomic E-state index is 9.39. The maximum absolute atomic E-state index is 9.39. The standard InChI is InChI=1S/C20H30O2/c1-15(8-6-9-17(3)19(22)14-21)11-12-18-16(2)10-7-13-20(18,4)5/h6,8-9,11-12,21-22H,7,10,13-14H2,1-5H3/b9-6+,12-11+,15-8+,19-17+. The zero-order valence-electron chi connectivity index (χ0n) is 14.6. The molecule has 0 amide bonds. The number of aliphatic hydroxyl groups excluding tert-OH is 2. The first kappa shape index (κ1) is 18.5. The van der Waals surface area contributed by atoms with Crippen LogP contribution >= 0.6 is 0 Å². The molecule has 0 radical (unpaired) electrons. The van der Waals surface area contributed by atoms with Crippen LogP contribution < -0.4 is 0 Å². The lowest BCUT2D eigenvalue weighted by Crippen LogP contribution is -2.19. The lowest BCUT2D eigenvalue weighted by molar-refractivity contribution is 0.251. The Bertz CT molecular complexity index is 540. The molecule has 2 nitrogen and oxygen atoms in total. The van der Waals surface area contributed by atoms with Crippen molar-refractivity contribution in [1.82, 2.24) is 0 Å². The average molecular weight is 302 g/mol. The Hall–Kier alpha value is -1.54. The van der Waals surface area contributed by atoms with E-state index < -0.39 is 0 Å². The van der Waals surface area contributed by atoms with Crippen molar-refractivity contribution in [2.45, 2.75) is 53.9 Å². The van der Waals surface area contributed by atoms with Crippen LogP contribution in [0.5, 0.6) is 0 Å². The summed E-state index contributed by atoms with van der Waals surface area (Å²) in [5, 5.41) is 18.2. The largest absolute Gasteiger partial charge is 0.510 e. The Morgan fingerprint density at radius 1 is 1.23 bits per heavy atom. The molecule has 2 heteroatoms. The Kier molecular flexibility index (Phi) is 6.89. The Balaban J connectivity index is 2.82. The average Bonchev–Trinajstić information content (AvgIpc) is 2.45. The zero-order valence-corrected chi connectivity index (χ0v) is 14.6. The topological polar surface area (TPSA) is 40.5 Å². The quantitative estimate of drug-likeness (QED) is 0.527. The van der Waals surface area contributed by atoms with Gasteiger partial charge in [0.05, 0.1) is 0 Å². The van der Waals surface area contributed by atoms with Gasteiger partial charge in [-0.05, 0) is 56.6 Å². The number of rotatable bonds is 5. The van der Waals surface area contributed by atoms with Crippen LogP contribution in [0.25, 0.3) is 0 Å². The Morgan fingerprint density at radius 3 is 2.50 bits per heavy atom. The van der Waals surface area contributed by atoms with Gasteiger partial charge in [-0.15, -0.1) is 0 Å². The highest BCUT2D eigenvalue weighted by Gasteiger charge is 2.26. The first-order valence-electron chi connectivity index (χ1n) is 8.01. The highest BCUT2D eigenvalue weighted by molar-refractivity contribution is 5.37. The maximum Gasteiger partial charge on any atom is 0.121 e. The molecule has 1 rings (SSSR count). The lowest BCUT2D eigenvalue weighted by Gasteiger charge is -2.32. The molecular weight excluding hydrogens is 272 g/mol. The Labute approximate surface area is 135 Å². The van der Waals surface area contributed by atoms with Gasteiger partial charge in [0, 0.05) is 0 Å². The van der Waals surface area contributed by atoms with E-state index in [-0.39, 0.29) is 17.8 Å². The van der Waals surface area contributed by atoms with Crippen molar-refractivity contribution in [1.29, 1.82) is 0 Å². The SMILES string of the molecule is CC1=C(/C=C/C(C)=C/C=C/C(C)=C(/O)CO)C(C)(C)CCC1. The third kappa shape index (κ3) is 5.34. The fourth-order valence-corrected chi connectivity index (χ4v) is 2.85. The van der Waals surface area contributed by atoms with Gasteiger partial charge in [0.2, 0.25) is 0 Å². The van der Waals surface area contributed by atoms with E-state index in [2.05, 4.69) is 39.8 Å². The fourth-order valence-electron chi connectivity index (χ4n) is 2.85. The van der Waals surface area contributed by atoms with Crippen LogP contribution in [-0.2, 0) is 0 Å². The second kappa shape index (κ2) is 8.19. The molecule has 122 valence electrons. The molecule has 0 aromatic rings. The van der Waals surface area contributed by atoms with Gasteiger partial charge in [-0.2, -0.15) is 0 Å². The molecule has 0 unspecified atom stereocenters. The minimum absolute atomic E-state index is 0.0163. The van der Waals surface area contributed by atoms with E-state index in [9.17, 15) is 5.11 Å². The number of allylic oxidation sites excluding steroid dienone is 9. The van der Waals surface area contributed by atoms with Gasteiger partial charge in [0.15, 0.2) is 0 Å². The van der Waals surface area contributed by atoms with E-state index in [0.29, 0.717) is 5.57 Å². The zero-order chi connectivity index (χ0) is 16.8. The normalized spacial score (nSPS) is 20.9. The molecule has 0 atom stereocenters. The molecule has 0 saturated heterocycles. The third-order valence-corrected chi connectivity index (χ3v) is 4.37. The molecular formula is C20H30O2. The molecule has 2 N–H and O–H groups in total. The van der Waals surface area contributed by atoms with Crippen LogP contribution in [0.2, 0.25) is 0 Å². The van der Waals surface area contributed by atoms with Gasteiger partial charge in [0.25, 0.3) is 0 Å². The summed E-state index contributed by atoms with van der Waals surface area (Å²) in [6.45, 7) is 10.4. The number of hydrogen-bond donors (Lipinski definition) is 2. The molecule has 0 aromatic carbocycles. The molecule has 22 heavy (non-hydrogen) atoms. The van der Waals surface area contributed by atoms with Crippen molar-refractivity contribution < 1.29 is 10.2 Å². The van der Waals surface area contributed by atoms with Crippen LogP contribution in [0, 0.1) is 5.41 Å². The Morgan fingerprint density at radius 2 is 1.91 bits per heavy atom. The number of hydrogen-bond acceptors (Lipinski definition) is 2. The minimum Gasteiger partial charge on any atom is -0.510 e. The van der Waals surface area contributed by atoms with E-state index in [1.807, 2.05) is 12.2 Å². The minimum atomic E-state index is -0.318. The summed E-state index contributed by atoms with van der Waals surface area (Å²) in [5.41, 5.74) is 5.07. The second-order valence-electron chi connectivity index (χ2n) is 6.82. The molecule has 0 saturated carbocycles. The summed E-state index contributed by atoms with van der Waals surface area (Å²) in [4.78, 5) is 0. The molecule has 0 fully saturated rings. The van der Waals surface area contributed by atoms with Gasteiger partial charge >= 0.3 is 0 Å². The summed E-state index contributed by atoms with van der Waals surface area (Å²) in [7, 11) is 0. The van der Waals surface area contributed by atoms with E-state index >= 15 is 0 Å². The van der Waals surface area contributed by atoms with Crippen LogP contribution in [0.3, 0.4) is 0 Å². The van der Waals surface area contributed by atoms with E-state index in [0.717, 1.165) is 5.57 Å². The summed E-state index contributed by atoms with van der Waals surface area (Å²) in [5.74, 6) is 0.0163. The molecule has 0 heterocycles. The van der Waals surface area contributed by atoms with E-state index in [1.165, 1.54) is 30.4 Å². The predicted octanol–water partition coefficient (Wildman–Crippen LogP) is 5.40. The fraction of sp³-hybridized carbons (Fsp3) is 0.500. The van der Waals surface area contributed by atoms with Crippen LogP contribution in [-0.4, -0.2) is 16.8 Å². The van der Waals surface area contributed by atoms with Gasteiger partial charge in [0.1, 0.15) is 12.4 Å². The van der Waals surface area contributed by atoms with Crippen LogP contribution in [0.4, 0.5) is 0 Å². The second-order valence-corrected chi connectivity index (χ2v) is 6.82. The molecule has 0 aliphatic heterocycles. The predicted molar refractivity (Wildman–Crippen MR) is 94.8 cm³/mol. The van der Waals surface area contributed by atoms with Gasteiger partial charge in [-0.1, -0.05) is 55.4 Å². The van der Waals surface area contributed by atoms with Crippen LogP contribution in [0.1, 0.15) is 53.9 Å². The summed E-state index contributed by atoms with van der Waals surface area (Å²) >= 11 is 0. The molecule has 1 aliphatic carbocycles. The third-order valence-electron chi connectivity index (χ3n) is 4.37. The molecule has 0 bridgehead atoms. The van der Waals surface area contributed by atoms with Gasteiger partial charge in [-0.3, -0.25) is 0 Å². The molecule has 1 aliphatic rings. The first-order chi connectivity index (χ1) is 10.3. The van der Waals surface area contributed by atoms with Crippen molar-refractivity contribution in [3.63, 3.8) is 0 Å². The van der Waals surface area contributed by atoms with Gasteiger partial charge in [-0.25, -0.2) is 0 Å². The van der Waals surface area contributed by atoms with Crippen molar-refractivity contribution in [3.8, 4) is 0 Å². The molecule has 0 aromatic heterocycles. The highest BCUT2D eigenvalue weighted by atomic mass is 16.3. The smallest absolute Gasteiger partial charge is 0.121 e. The summed E-state index contributed by atoms with van der Waals surface area (Å²) in [6.07, 6.45) is 13.9. The highest BCUT2D eigenvalue weighted by Crippen LogP contribution is 2.40.